The van der Waals surface area contributed by atoms with Crippen molar-refractivity contribution in [1.82, 2.24) is 15.0 Å². The van der Waals surface area contributed by atoms with Gasteiger partial charge >= 0.3 is 0 Å². The first-order valence-electron chi connectivity index (χ1n) is 5.85. The third-order valence-electron chi connectivity index (χ3n) is 2.37. The molecular formula is C13H15N3O3. The van der Waals surface area contributed by atoms with Crippen LogP contribution in [0.1, 0.15) is 13.8 Å². The number of H-pyrrole nitrogens is 1. The molecule has 0 amide bonds. The molecule has 1 N–H and O–H groups in total. The average molecular weight is 261 g/mol. The number of hydrogen-bond donors (Lipinski definition) is 1. The Balaban J connectivity index is 2.47. The molecule has 0 saturated carbocycles. The van der Waals surface area contributed by atoms with Gasteiger partial charge in [0.15, 0.2) is 0 Å². The third-order valence-corrected chi connectivity index (χ3v) is 2.37. The van der Waals surface area contributed by atoms with Crippen LogP contribution in [0.2, 0.25) is 0 Å². The first kappa shape index (κ1) is 13.1. The first-order valence-corrected chi connectivity index (χ1v) is 5.85. The van der Waals surface area contributed by atoms with Crippen molar-refractivity contribution in [2.45, 2.75) is 20.0 Å². The Morgan fingerprint density at radius 2 is 2.11 bits per heavy atom. The molecule has 2 rings (SSSR count). The molecule has 2 aromatic rings. The van der Waals surface area contributed by atoms with Gasteiger partial charge in [0.05, 0.1) is 25.7 Å². The highest BCUT2D eigenvalue weighted by Gasteiger charge is 2.12. The number of hydrogen-bond acceptors (Lipinski definition) is 5. The fraction of sp³-hybridized carbons (Fsp3) is 0.308. The largest absolute Gasteiger partial charge is 0.490 e. The minimum Gasteiger partial charge on any atom is -0.490 e. The van der Waals surface area contributed by atoms with Gasteiger partial charge in [-0.05, 0) is 19.9 Å². The van der Waals surface area contributed by atoms with Crippen LogP contribution in [0.3, 0.4) is 0 Å². The minimum atomic E-state index is -0.331. The van der Waals surface area contributed by atoms with Crippen LogP contribution in [0.25, 0.3) is 11.3 Å². The number of ether oxygens (including phenoxy) is 2. The van der Waals surface area contributed by atoms with Gasteiger partial charge in [-0.2, -0.15) is 0 Å². The molecule has 0 unspecified atom stereocenters. The summed E-state index contributed by atoms with van der Waals surface area (Å²) in [7, 11) is 1.43. The number of pyridine rings is 1. The quantitative estimate of drug-likeness (QED) is 0.905. The molecule has 0 saturated heterocycles. The van der Waals surface area contributed by atoms with E-state index in [0.717, 1.165) is 0 Å². The summed E-state index contributed by atoms with van der Waals surface area (Å²) < 4.78 is 10.6. The standard InChI is InChI=1S/C13H15N3O3/c1-8(2)19-10-4-9(5-14-6-10)11-12(18-3)13(17)16-7-15-11/h4-8H,1-3H3,(H,15,16,17). The van der Waals surface area contributed by atoms with E-state index in [9.17, 15) is 4.79 Å². The summed E-state index contributed by atoms with van der Waals surface area (Å²) in [6, 6.07) is 1.78. The average Bonchev–Trinajstić information content (AvgIpc) is 2.38. The summed E-state index contributed by atoms with van der Waals surface area (Å²) >= 11 is 0. The molecule has 0 spiro atoms. The summed E-state index contributed by atoms with van der Waals surface area (Å²) in [5.41, 5.74) is 0.775. The lowest BCUT2D eigenvalue weighted by Gasteiger charge is -2.11. The Morgan fingerprint density at radius 3 is 2.79 bits per heavy atom. The van der Waals surface area contributed by atoms with Crippen molar-refractivity contribution in [2.24, 2.45) is 0 Å². The van der Waals surface area contributed by atoms with E-state index < -0.39 is 0 Å². The van der Waals surface area contributed by atoms with Gasteiger partial charge in [0, 0.05) is 11.8 Å². The van der Waals surface area contributed by atoms with Crippen molar-refractivity contribution in [2.75, 3.05) is 7.11 Å². The Bertz CT molecular complexity index is 623. The number of rotatable bonds is 4. The molecule has 0 fully saturated rings. The zero-order valence-corrected chi connectivity index (χ0v) is 11.0. The van der Waals surface area contributed by atoms with E-state index >= 15 is 0 Å². The normalized spacial score (nSPS) is 10.5. The lowest BCUT2D eigenvalue weighted by molar-refractivity contribution is 0.241. The van der Waals surface area contributed by atoms with Crippen molar-refractivity contribution in [3.63, 3.8) is 0 Å². The topological polar surface area (TPSA) is 77.1 Å². The first-order chi connectivity index (χ1) is 9.11. The van der Waals surface area contributed by atoms with E-state index in [4.69, 9.17) is 9.47 Å². The molecule has 0 aliphatic heterocycles. The molecule has 0 aliphatic rings. The van der Waals surface area contributed by atoms with Gasteiger partial charge in [0.2, 0.25) is 5.75 Å². The highest BCUT2D eigenvalue weighted by Crippen LogP contribution is 2.26. The second-order valence-electron chi connectivity index (χ2n) is 4.19. The second kappa shape index (κ2) is 5.51. The van der Waals surface area contributed by atoms with Crippen LogP contribution < -0.4 is 15.0 Å². The molecule has 0 aliphatic carbocycles. The number of nitrogens with one attached hydrogen (secondary N) is 1. The smallest absolute Gasteiger partial charge is 0.293 e. The predicted molar refractivity (Wildman–Crippen MR) is 70.4 cm³/mol. The summed E-state index contributed by atoms with van der Waals surface area (Å²) in [6.07, 6.45) is 4.60. The van der Waals surface area contributed by atoms with Gasteiger partial charge < -0.3 is 14.5 Å². The monoisotopic (exact) mass is 261 g/mol. The Labute approximate surface area is 110 Å². The molecule has 6 nitrogen and oxygen atoms in total. The van der Waals surface area contributed by atoms with Crippen LogP contribution in [0.5, 0.6) is 11.5 Å². The van der Waals surface area contributed by atoms with E-state index in [-0.39, 0.29) is 17.4 Å². The molecule has 19 heavy (non-hydrogen) atoms. The van der Waals surface area contributed by atoms with E-state index in [2.05, 4.69) is 15.0 Å². The van der Waals surface area contributed by atoms with Crippen LogP contribution in [0.4, 0.5) is 0 Å². The van der Waals surface area contributed by atoms with Gasteiger partial charge in [-0.15, -0.1) is 0 Å². The van der Waals surface area contributed by atoms with Crippen LogP contribution in [-0.2, 0) is 0 Å². The van der Waals surface area contributed by atoms with Crippen molar-refractivity contribution in [3.05, 3.63) is 35.1 Å². The Morgan fingerprint density at radius 1 is 1.32 bits per heavy atom. The van der Waals surface area contributed by atoms with Gasteiger partial charge in [-0.3, -0.25) is 9.78 Å². The van der Waals surface area contributed by atoms with Crippen LogP contribution in [0.15, 0.2) is 29.6 Å². The minimum absolute atomic E-state index is 0.0473. The maximum absolute atomic E-state index is 11.6. The van der Waals surface area contributed by atoms with Crippen molar-refractivity contribution >= 4 is 0 Å². The number of aromatic nitrogens is 3. The Kier molecular flexibility index (Phi) is 3.79. The maximum Gasteiger partial charge on any atom is 0.293 e. The van der Waals surface area contributed by atoms with Crippen LogP contribution in [0, 0.1) is 0 Å². The fourth-order valence-electron chi connectivity index (χ4n) is 1.67. The zero-order valence-electron chi connectivity index (χ0n) is 11.0. The molecule has 100 valence electrons. The molecule has 2 heterocycles. The number of aromatic amines is 1. The van der Waals surface area contributed by atoms with Gasteiger partial charge in [0.25, 0.3) is 5.56 Å². The Hall–Kier alpha value is -2.37. The zero-order chi connectivity index (χ0) is 13.8. The van der Waals surface area contributed by atoms with Crippen LogP contribution in [-0.4, -0.2) is 28.2 Å². The molecule has 6 heteroatoms. The number of nitrogens with zero attached hydrogens (tertiary/aromatic N) is 2. The fourth-order valence-corrected chi connectivity index (χ4v) is 1.67. The maximum atomic E-state index is 11.6. The van der Waals surface area contributed by atoms with Gasteiger partial charge in [-0.25, -0.2) is 4.98 Å². The SMILES string of the molecule is COc1c(-c2cncc(OC(C)C)c2)nc[nH]c1=O. The van der Waals surface area contributed by atoms with Gasteiger partial charge in [-0.1, -0.05) is 0 Å². The highest BCUT2D eigenvalue weighted by molar-refractivity contribution is 5.65. The molecule has 0 atom stereocenters. The van der Waals surface area contributed by atoms with Crippen molar-refractivity contribution in [3.8, 4) is 22.8 Å². The van der Waals surface area contributed by atoms with Crippen LogP contribution >= 0.6 is 0 Å². The van der Waals surface area contributed by atoms with E-state index in [1.807, 2.05) is 13.8 Å². The lowest BCUT2D eigenvalue weighted by Crippen LogP contribution is -2.11. The second-order valence-corrected chi connectivity index (χ2v) is 4.19. The molecular weight excluding hydrogens is 246 g/mol. The molecule has 0 bridgehead atoms. The molecule has 2 aromatic heterocycles. The van der Waals surface area contributed by atoms with Crippen molar-refractivity contribution < 1.29 is 9.47 Å². The third kappa shape index (κ3) is 2.90. The lowest BCUT2D eigenvalue weighted by atomic mass is 10.2. The van der Waals surface area contributed by atoms with Gasteiger partial charge in [0.1, 0.15) is 11.4 Å². The van der Waals surface area contributed by atoms with E-state index in [0.29, 0.717) is 17.0 Å². The van der Waals surface area contributed by atoms with Crippen molar-refractivity contribution in [1.29, 1.82) is 0 Å². The van der Waals surface area contributed by atoms with E-state index in [1.54, 1.807) is 18.5 Å². The highest BCUT2D eigenvalue weighted by atomic mass is 16.5. The molecule has 0 aromatic carbocycles. The predicted octanol–water partition coefficient (Wildman–Crippen LogP) is 1.63. The number of methoxy groups -OCH3 is 1. The summed E-state index contributed by atoms with van der Waals surface area (Å²) in [4.78, 5) is 22.3. The van der Waals surface area contributed by atoms with E-state index in [1.165, 1.54) is 13.4 Å². The summed E-state index contributed by atoms with van der Waals surface area (Å²) in [5, 5.41) is 0. The molecule has 0 radical (unpaired) electrons. The summed E-state index contributed by atoms with van der Waals surface area (Å²) in [6.45, 7) is 3.86. The summed E-state index contributed by atoms with van der Waals surface area (Å²) in [5.74, 6) is 0.780.